The first-order chi connectivity index (χ1) is 14.2. The van der Waals surface area contributed by atoms with Gasteiger partial charge in [-0.2, -0.15) is 0 Å². The van der Waals surface area contributed by atoms with Crippen molar-refractivity contribution in [1.82, 2.24) is 24.1 Å². The summed E-state index contributed by atoms with van der Waals surface area (Å²) in [6.45, 7) is 3.17. The molecule has 0 spiro atoms. The molecule has 0 amide bonds. The number of benzene rings is 1. The van der Waals surface area contributed by atoms with Crippen molar-refractivity contribution < 1.29 is 0 Å². The molecule has 0 fully saturated rings. The Balaban J connectivity index is 1.75. The zero-order valence-corrected chi connectivity index (χ0v) is 20.3. The van der Waals surface area contributed by atoms with Crippen LogP contribution < -0.4 is 0 Å². The maximum absolute atomic E-state index is 5.07. The van der Waals surface area contributed by atoms with Crippen LogP contribution in [0.5, 0.6) is 0 Å². The molecule has 6 rings (SSSR count). The van der Waals surface area contributed by atoms with Gasteiger partial charge in [-0.25, -0.2) is 0 Å². The van der Waals surface area contributed by atoms with Crippen molar-refractivity contribution in [3.63, 3.8) is 0 Å². The summed E-state index contributed by atoms with van der Waals surface area (Å²) in [5.41, 5.74) is 7.61. The predicted molar refractivity (Wildman–Crippen MR) is 124 cm³/mol. The summed E-state index contributed by atoms with van der Waals surface area (Å²) >= 11 is 0.746. The fraction of sp³-hybridized carbons (Fsp3) is 0.364. The van der Waals surface area contributed by atoms with Crippen LogP contribution >= 0.6 is 0 Å². The fourth-order valence-electron chi connectivity index (χ4n) is 4.76. The number of rotatable bonds is 5. The number of aromatic nitrogens is 5. The van der Waals surface area contributed by atoms with E-state index in [1.54, 1.807) is 0 Å². The van der Waals surface area contributed by atoms with Gasteiger partial charge in [0.25, 0.3) is 0 Å². The van der Waals surface area contributed by atoms with Crippen molar-refractivity contribution in [2.45, 2.75) is 39.2 Å². The van der Waals surface area contributed by atoms with Crippen molar-refractivity contribution in [3.05, 3.63) is 22.0 Å². The van der Waals surface area contributed by atoms with Crippen LogP contribution in [0.1, 0.15) is 32.6 Å². The van der Waals surface area contributed by atoms with Crippen LogP contribution in [0.15, 0.2) is 22.0 Å². The molecule has 6 aromatic rings. The first kappa shape index (κ1) is 18.0. The van der Waals surface area contributed by atoms with Gasteiger partial charge in [-0.3, -0.25) is 0 Å². The Hall–Kier alpha value is -1.78. The summed E-state index contributed by atoms with van der Waals surface area (Å²) in [7, 11) is 4.43. The van der Waals surface area contributed by atoms with Crippen molar-refractivity contribution in [2.24, 2.45) is 14.1 Å². The van der Waals surface area contributed by atoms with E-state index < -0.39 is 0 Å². The molecule has 7 heteroatoms. The second-order valence-corrected chi connectivity index (χ2v) is 11.7. The van der Waals surface area contributed by atoms with Crippen molar-refractivity contribution >= 4 is 81.4 Å². The van der Waals surface area contributed by atoms with Gasteiger partial charge < -0.3 is 0 Å². The van der Waals surface area contributed by atoms with E-state index in [2.05, 4.69) is 52.2 Å². The molecular formula is C22H23N5Se2. The minimum absolute atomic E-state index is 0.373. The number of nitrogens with zero attached hydrogens (tertiary/aromatic N) is 5. The third kappa shape index (κ3) is 2.39. The van der Waals surface area contributed by atoms with Gasteiger partial charge in [-0.15, -0.1) is 0 Å². The molecule has 5 heterocycles. The van der Waals surface area contributed by atoms with Gasteiger partial charge in [0.05, 0.1) is 0 Å². The number of hydrogen-bond acceptors (Lipinski definition) is 2. The molecule has 0 atom stereocenters. The molecule has 0 unspecified atom stereocenters. The van der Waals surface area contributed by atoms with E-state index in [1.165, 1.54) is 60.6 Å². The van der Waals surface area contributed by atoms with E-state index in [-0.39, 0.29) is 0 Å². The van der Waals surface area contributed by atoms with Gasteiger partial charge in [0.2, 0.25) is 0 Å². The summed E-state index contributed by atoms with van der Waals surface area (Å²) < 4.78 is 7.73. The van der Waals surface area contributed by atoms with E-state index >= 15 is 0 Å². The maximum atomic E-state index is 5.07. The third-order valence-corrected chi connectivity index (χ3v) is 10.0. The molecule has 0 bridgehead atoms. The van der Waals surface area contributed by atoms with E-state index in [0.717, 1.165) is 24.0 Å². The van der Waals surface area contributed by atoms with Crippen molar-refractivity contribution in [2.75, 3.05) is 0 Å². The predicted octanol–water partition coefficient (Wildman–Crippen LogP) is 4.42. The average Bonchev–Trinajstić information content (AvgIpc) is 3.49. The van der Waals surface area contributed by atoms with Crippen LogP contribution in [0, 0.1) is 0 Å². The van der Waals surface area contributed by atoms with E-state index in [4.69, 9.17) is 10.2 Å². The average molecular weight is 515 g/mol. The Morgan fingerprint density at radius 3 is 1.86 bits per heavy atom. The molecule has 0 saturated heterocycles. The molecule has 148 valence electrons. The molecule has 0 aliphatic carbocycles. The van der Waals surface area contributed by atoms with Gasteiger partial charge in [0.1, 0.15) is 0 Å². The molecule has 5 nitrogen and oxygen atoms in total. The van der Waals surface area contributed by atoms with E-state index in [9.17, 15) is 0 Å². The Kier molecular flexibility index (Phi) is 4.11. The first-order valence-electron chi connectivity index (χ1n) is 10.3. The molecule has 29 heavy (non-hydrogen) atoms. The van der Waals surface area contributed by atoms with Gasteiger partial charge in [-0.1, -0.05) is 0 Å². The standard InChI is InChI=1S/C22H23N5Se2/c1-4-5-6-7-10-27-23-17-15-19(25(2)13-8-11-28-21(13)15)20-16(18(17)24-27)22-14(26(20)3)9-12-29-22/h8-9,11-12H,4-7,10H2,1-3H3. The number of unbranched alkanes of at least 4 members (excludes halogenated alkanes) is 3. The van der Waals surface area contributed by atoms with Crippen LogP contribution in [0.4, 0.5) is 0 Å². The van der Waals surface area contributed by atoms with Crippen LogP contribution in [0.2, 0.25) is 0 Å². The Labute approximate surface area is 180 Å². The number of fused-ring (bicyclic) bond motifs is 10. The molecular weight excluding hydrogens is 492 g/mol. The number of hydrogen-bond donors (Lipinski definition) is 0. The Morgan fingerprint density at radius 2 is 1.34 bits per heavy atom. The first-order valence-corrected chi connectivity index (χ1v) is 14.0. The summed E-state index contributed by atoms with van der Waals surface area (Å²) in [6.07, 6.45) is 4.95. The molecule has 0 saturated carbocycles. The zero-order valence-electron chi connectivity index (χ0n) is 16.9. The molecule has 5 aromatic heterocycles. The van der Waals surface area contributed by atoms with Crippen LogP contribution in [0.25, 0.3) is 52.4 Å². The minimum atomic E-state index is 0.373. The molecule has 0 N–H and O–H groups in total. The van der Waals surface area contributed by atoms with E-state index in [1.807, 2.05) is 4.80 Å². The second-order valence-electron chi connectivity index (χ2n) is 7.89. The molecule has 1 aromatic carbocycles. The van der Waals surface area contributed by atoms with Gasteiger partial charge in [-0.05, 0) is 0 Å². The zero-order chi connectivity index (χ0) is 19.7. The van der Waals surface area contributed by atoms with Gasteiger partial charge >= 0.3 is 181 Å². The summed E-state index contributed by atoms with van der Waals surface area (Å²) in [5.74, 6) is 0. The molecule has 0 radical (unpaired) electrons. The van der Waals surface area contributed by atoms with Crippen LogP contribution in [-0.4, -0.2) is 53.1 Å². The normalized spacial score (nSPS) is 12.7. The quantitative estimate of drug-likeness (QED) is 0.252. The summed E-state index contributed by atoms with van der Waals surface area (Å²) in [5, 5.41) is 12.8. The summed E-state index contributed by atoms with van der Waals surface area (Å²) in [6, 6.07) is 4.59. The van der Waals surface area contributed by atoms with Crippen molar-refractivity contribution in [3.8, 4) is 0 Å². The van der Waals surface area contributed by atoms with Crippen LogP contribution in [0.3, 0.4) is 0 Å². The van der Waals surface area contributed by atoms with E-state index in [0.29, 0.717) is 29.0 Å². The van der Waals surface area contributed by atoms with Gasteiger partial charge in [0, 0.05) is 0 Å². The van der Waals surface area contributed by atoms with Crippen molar-refractivity contribution in [1.29, 1.82) is 0 Å². The van der Waals surface area contributed by atoms with Gasteiger partial charge in [0.15, 0.2) is 0 Å². The van der Waals surface area contributed by atoms with Crippen LogP contribution in [-0.2, 0) is 20.6 Å². The molecule has 0 aliphatic heterocycles. The monoisotopic (exact) mass is 517 g/mol. The topological polar surface area (TPSA) is 40.6 Å². The fourth-order valence-corrected chi connectivity index (χ4v) is 8.83. The SMILES string of the molecule is CCCCCCn1nc2c(n1)c1c3[se]ccc3n(C)c1c1c2c2[se]ccc2n1C. The third-order valence-electron chi connectivity index (χ3n) is 6.17. The molecule has 0 aliphatic rings. The Bertz CT molecular complexity index is 1410. The summed E-state index contributed by atoms with van der Waals surface area (Å²) in [4.78, 5) is 6.64. The number of aryl methyl sites for hydroxylation is 3. The second kappa shape index (κ2) is 6.61. The Morgan fingerprint density at radius 1 is 0.793 bits per heavy atom.